The average molecular weight is 436 g/mol. The van der Waals surface area contributed by atoms with Crippen LogP contribution in [0.3, 0.4) is 0 Å². The number of rotatable bonds is 6. The lowest BCUT2D eigenvalue weighted by Gasteiger charge is -2.39. The summed E-state index contributed by atoms with van der Waals surface area (Å²) in [5, 5.41) is 0. The fourth-order valence-corrected chi connectivity index (χ4v) is 7.32. The molecule has 0 saturated carbocycles. The van der Waals surface area contributed by atoms with Gasteiger partial charge in [-0.2, -0.15) is 38.4 Å². The van der Waals surface area contributed by atoms with Crippen molar-refractivity contribution < 1.29 is 38.4 Å². The van der Waals surface area contributed by atoms with Crippen molar-refractivity contribution in [3.63, 3.8) is 0 Å². The molecule has 1 heterocycles. The third-order valence-electron chi connectivity index (χ3n) is 4.06. The van der Waals surface area contributed by atoms with Gasteiger partial charge >= 0.3 is 21.1 Å². The summed E-state index contributed by atoms with van der Waals surface area (Å²) in [6.45, 7) is 3.47. The first-order valence-electron chi connectivity index (χ1n) is 8.05. The molecule has 1 aromatic rings. The van der Waals surface area contributed by atoms with E-state index in [0.717, 1.165) is 12.1 Å². The number of allylic oxidation sites excluding steroid dienone is 1. The fraction of sp³-hybridized carbons (Fsp3) is 0.500. The Morgan fingerprint density at radius 1 is 1.07 bits per heavy atom. The topological polar surface area (TPSA) is 43.4 Å². The molecule has 1 aliphatic heterocycles. The first-order chi connectivity index (χ1) is 12.3. The second-order valence-electron chi connectivity index (χ2n) is 5.91. The van der Waals surface area contributed by atoms with Crippen LogP contribution in [-0.2, 0) is 20.2 Å². The van der Waals surface area contributed by atoms with Gasteiger partial charge in [-0.3, -0.25) is 0 Å². The highest BCUT2D eigenvalue weighted by Crippen LogP contribution is 2.78. The molecule has 1 aliphatic rings. The molecule has 0 radical (unpaired) electrons. The van der Waals surface area contributed by atoms with Crippen LogP contribution in [0.2, 0.25) is 0 Å². The van der Waals surface area contributed by atoms with Gasteiger partial charge in [0.1, 0.15) is 0 Å². The van der Waals surface area contributed by atoms with E-state index in [2.05, 4.69) is 3.63 Å². The van der Waals surface area contributed by atoms with E-state index < -0.39 is 41.2 Å². The van der Waals surface area contributed by atoms with Crippen molar-refractivity contribution in [2.24, 2.45) is 0 Å². The predicted molar refractivity (Wildman–Crippen MR) is 91.3 cm³/mol. The number of benzene rings is 1. The van der Waals surface area contributed by atoms with Gasteiger partial charge in [0.2, 0.25) is 0 Å². The zero-order valence-corrected chi connectivity index (χ0v) is 16.1. The molecule has 0 fully saturated rings. The Bertz CT molecular complexity index is 843. The Morgan fingerprint density at radius 2 is 1.70 bits per heavy atom. The molecule has 0 spiro atoms. The maximum absolute atomic E-state index is 14.1. The van der Waals surface area contributed by atoms with E-state index in [1.165, 1.54) is 12.1 Å². The van der Waals surface area contributed by atoms with E-state index in [0.29, 0.717) is 18.4 Å². The highest BCUT2D eigenvalue weighted by Gasteiger charge is 2.63. The zero-order valence-electron chi connectivity index (χ0n) is 14.4. The molecule has 0 aliphatic carbocycles. The lowest BCUT2D eigenvalue weighted by Crippen LogP contribution is -2.32. The Morgan fingerprint density at radius 3 is 2.19 bits per heavy atom. The number of halogens is 6. The number of unbranched alkanes of at least 4 members (excludes halogenated alkanes) is 1. The lowest BCUT2D eigenvalue weighted by molar-refractivity contribution is -0.0546. The first-order valence-corrected chi connectivity index (χ1v) is 11.0. The smallest absolute Gasteiger partial charge is 0.196 e. The maximum atomic E-state index is 14.1. The van der Waals surface area contributed by atoms with Gasteiger partial charge in [0.15, 0.2) is 0 Å². The number of fused-ring (bicyclic) bond motifs is 1. The van der Waals surface area contributed by atoms with Crippen molar-refractivity contribution in [3.05, 3.63) is 34.2 Å². The van der Waals surface area contributed by atoms with Crippen molar-refractivity contribution in [1.29, 1.82) is 0 Å². The summed E-state index contributed by atoms with van der Waals surface area (Å²) in [5.74, 6) is 0. The Kier molecular flexibility index (Phi) is 5.99. The van der Waals surface area contributed by atoms with Crippen molar-refractivity contribution in [1.82, 2.24) is 0 Å². The molecule has 3 nitrogen and oxygen atoms in total. The van der Waals surface area contributed by atoms with Crippen LogP contribution in [-0.4, -0.2) is 19.4 Å². The summed E-state index contributed by atoms with van der Waals surface area (Å²) < 4.78 is 108. The van der Waals surface area contributed by atoms with E-state index in [1.54, 1.807) is 13.8 Å². The lowest BCUT2D eigenvalue weighted by atomic mass is 10.1. The van der Waals surface area contributed by atoms with Crippen LogP contribution in [0, 0.1) is 0 Å². The van der Waals surface area contributed by atoms with Crippen LogP contribution < -0.4 is 0 Å². The molecule has 0 amide bonds. The Balaban J connectivity index is 2.75. The molecule has 0 aromatic heterocycles. The van der Waals surface area contributed by atoms with E-state index in [1.807, 2.05) is 0 Å². The minimum absolute atomic E-state index is 0.0464. The van der Waals surface area contributed by atoms with Gasteiger partial charge in [0, 0.05) is 20.1 Å². The second kappa shape index (κ2) is 7.32. The van der Waals surface area contributed by atoms with Crippen LogP contribution in [0.15, 0.2) is 28.0 Å². The molecule has 1 unspecified atom stereocenters. The monoisotopic (exact) mass is 436 g/mol. The third kappa shape index (κ3) is 3.86. The van der Waals surface area contributed by atoms with Crippen molar-refractivity contribution >= 4 is 26.5 Å². The quantitative estimate of drug-likeness (QED) is 0.391. The van der Waals surface area contributed by atoms with E-state index in [-0.39, 0.29) is 18.4 Å². The first kappa shape index (κ1) is 22.1. The summed E-state index contributed by atoms with van der Waals surface area (Å²) in [7, 11) is -11.3. The molecule has 154 valence electrons. The number of alkyl halides is 6. The van der Waals surface area contributed by atoms with Crippen LogP contribution in [0.1, 0.15) is 44.2 Å². The molecule has 27 heavy (non-hydrogen) atoms. The Hall–Kier alpha value is -1.20. The second-order valence-corrected chi connectivity index (χ2v) is 10.4. The molecular weight excluding hydrogens is 418 g/mol. The summed E-state index contributed by atoms with van der Waals surface area (Å²) in [6.07, 6.45) is 2.14. The highest BCUT2D eigenvalue weighted by molar-refractivity contribution is 8.37. The van der Waals surface area contributed by atoms with Crippen molar-refractivity contribution in [2.75, 3.05) is 0 Å². The van der Waals surface area contributed by atoms with E-state index >= 15 is 0 Å². The maximum Gasteiger partial charge on any atom is 0.523 e. The number of hydrogen-bond acceptors (Lipinski definition) is 3. The highest BCUT2D eigenvalue weighted by atomic mass is 32.3. The normalized spacial score (nSPS) is 22.9. The summed E-state index contributed by atoms with van der Waals surface area (Å²) in [5.41, 5.74) is -10.6. The molecule has 11 heteroatoms. The van der Waals surface area contributed by atoms with Crippen LogP contribution >= 0.6 is 10.3 Å². The molecular formula is C16H18F6O3S2. The minimum atomic E-state index is -6.46. The van der Waals surface area contributed by atoms with Crippen LogP contribution in [0.4, 0.5) is 26.3 Å². The summed E-state index contributed by atoms with van der Waals surface area (Å²) in [6, 6.07) is 3.79. The van der Waals surface area contributed by atoms with Gasteiger partial charge in [-0.15, -0.1) is 0 Å². The Labute approximate surface area is 155 Å². The molecule has 0 N–H and O–H groups in total. The molecule has 1 atom stereocenters. The predicted octanol–water partition coefficient (Wildman–Crippen LogP) is 6.26. The third-order valence-corrected chi connectivity index (χ3v) is 8.86. The van der Waals surface area contributed by atoms with Crippen molar-refractivity contribution in [2.45, 2.75) is 55.4 Å². The van der Waals surface area contributed by atoms with E-state index in [9.17, 15) is 34.8 Å². The van der Waals surface area contributed by atoms with Gasteiger partial charge in [-0.05, 0) is 42.5 Å². The zero-order chi connectivity index (χ0) is 20.7. The molecule has 0 bridgehead atoms. The fourth-order valence-electron chi connectivity index (χ4n) is 2.72. The largest absolute Gasteiger partial charge is 0.523 e. The van der Waals surface area contributed by atoms with Crippen LogP contribution in [0.5, 0.6) is 0 Å². The van der Waals surface area contributed by atoms with Gasteiger partial charge in [0.25, 0.3) is 0 Å². The number of hydrogen-bond donors (Lipinski definition) is 0. The SMILES string of the molecule is CCCCC1=Cc2cc(CC)ccc2S1(OS(=O)(=O)C(F)(F)F)C(F)(F)F. The number of aryl methyl sites for hydroxylation is 1. The summed E-state index contributed by atoms with van der Waals surface area (Å²) in [4.78, 5) is -1.03. The minimum Gasteiger partial charge on any atom is -0.196 e. The van der Waals surface area contributed by atoms with E-state index in [4.69, 9.17) is 0 Å². The standard InChI is InChI=1S/C16H18F6O3S2/c1-3-5-6-13-10-12-9-11(4-2)7-8-14(12)26(13,15(17,18)19)25-27(23,24)16(20,21)22/h7-10H,3-6H2,1-2H3. The molecule has 0 saturated heterocycles. The van der Waals surface area contributed by atoms with Gasteiger partial charge in [-0.1, -0.05) is 32.4 Å². The molecule has 1 aromatic carbocycles. The molecule has 2 rings (SSSR count). The van der Waals surface area contributed by atoms with Gasteiger partial charge in [0.05, 0.1) is 0 Å². The summed E-state index contributed by atoms with van der Waals surface area (Å²) >= 11 is 0. The van der Waals surface area contributed by atoms with Crippen LogP contribution in [0.25, 0.3) is 6.08 Å². The van der Waals surface area contributed by atoms with Crippen molar-refractivity contribution in [3.8, 4) is 0 Å². The van der Waals surface area contributed by atoms with Gasteiger partial charge in [-0.25, -0.2) is 0 Å². The average Bonchev–Trinajstić information content (AvgIpc) is 2.84. The van der Waals surface area contributed by atoms with Gasteiger partial charge < -0.3 is 0 Å².